The minimum absolute atomic E-state index is 0.208. The monoisotopic (exact) mass is 339 g/mol. The Morgan fingerprint density at radius 2 is 1.44 bits per heavy atom. The Hall–Kier alpha value is -1.64. The number of hydrogen-bond donors (Lipinski definition) is 0. The summed E-state index contributed by atoms with van der Waals surface area (Å²) in [6.45, 7) is 7.37. The minimum Gasteiger partial charge on any atom is -0.379 e. The molecule has 0 aliphatic heterocycles. The largest absolute Gasteiger partial charge is 0.379 e. The first-order chi connectivity index (χ1) is 12.2. The van der Waals surface area contributed by atoms with Crippen LogP contribution < -0.4 is 0 Å². The van der Waals surface area contributed by atoms with Crippen molar-refractivity contribution in [3.63, 3.8) is 0 Å². The zero-order valence-corrected chi connectivity index (χ0v) is 15.6. The molecular weight excluding hydrogens is 308 g/mol. The standard InChI is InChI=1S/C23H31O2/c1-23(2,20-22-15-8-4-9-16-22)25-19-18-24-17-11-5-10-14-21-12-6-3-7-13-21/h3-4,6-9,12-13,15-16,19H,5,10-11,14,17-18,20H2,1-2H3. The van der Waals surface area contributed by atoms with Crippen molar-refractivity contribution >= 4 is 0 Å². The average Bonchev–Trinajstić information content (AvgIpc) is 2.61. The van der Waals surface area contributed by atoms with Crippen LogP contribution in [0.5, 0.6) is 0 Å². The van der Waals surface area contributed by atoms with Gasteiger partial charge in [-0.2, -0.15) is 0 Å². The first-order valence-corrected chi connectivity index (χ1v) is 9.31. The van der Waals surface area contributed by atoms with E-state index in [1.54, 1.807) is 6.61 Å². The van der Waals surface area contributed by atoms with Crippen LogP contribution in [0.15, 0.2) is 60.7 Å². The zero-order valence-electron chi connectivity index (χ0n) is 15.6. The lowest BCUT2D eigenvalue weighted by Gasteiger charge is -2.25. The fourth-order valence-corrected chi connectivity index (χ4v) is 2.87. The summed E-state index contributed by atoms with van der Waals surface area (Å²) < 4.78 is 11.5. The quantitative estimate of drug-likeness (QED) is 0.468. The topological polar surface area (TPSA) is 18.5 Å². The molecule has 0 saturated heterocycles. The third-order valence-electron chi connectivity index (χ3n) is 4.16. The Morgan fingerprint density at radius 1 is 0.800 bits per heavy atom. The molecule has 0 N–H and O–H groups in total. The second kappa shape index (κ2) is 11.1. The van der Waals surface area contributed by atoms with E-state index in [9.17, 15) is 0 Å². The minimum atomic E-state index is -0.208. The molecule has 2 heteroatoms. The summed E-state index contributed by atoms with van der Waals surface area (Å²) in [5, 5.41) is 0. The van der Waals surface area contributed by atoms with E-state index in [4.69, 9.17) is 9.47 Å². The molecule has 0 aliphatic carbocycles. The van der Waals surface area contributed by atoms with Crippen molar-refractivity contribution in [1.29, 1.82) is 0 Å². The van der Waals surface area contributed by atoms with E-state index >= 15 is 0 Å². The highest BCUT2D eigenvalue weighted by Crippen LogP contribution is 2.18. The van der Waals surface area contributed by atoms with Crippen LogP contribution >= 0.6 is 0 Å². The van der Waals surface area contributed by atoms with Crippen LogP contribution in [0.25, 0.3) is 0 Å². The molecule has 0 fully saturated rings. The third-order valence-corrected chi connectivity index (χ3v) is 4.16. The van der Waals surface area contributed by atoms with Gasteiger partial charge in [-0.05, 0) is 44.2 Å². The van der Waals surface area contributed by atoms with Gasteiger partial charge in [0.2, 0.25) is 0 Å². The molecule has 25 heavy (non-hydrogen) atoms. The number of ether oxygens (including phenoxy) is 2. The Morgan fingerprint density at radius 3 is 2.12 bits per heavy atom. The molecule has 2 aromatic rings. The first-order valence-electron chi connectivity index (χ1n) is 9.31. The van der Waals surface area contributed by atoms with Crippen LogP contribution in [-0.4, -0.2) is 18.8 Å². The van der Waals surface area contributed by atoms with Crippen molar-refractivity contribution in [2.45, 2.75) is 51.6 Å². The molecule has 0 heterocycles. The third kappa shape index (κ3) is 8.85. The average molecular weight is 339 g/mol. The maximum absolute atomic E-state index is 5.87. The van der Waals surface area contributed by atoms with E-state index in [1.165, 1.54) is 24.0 Å². The van der Waals surface area contributed by atoms with Gasteiger partial charge in [-0.3, -0.25) is 0 Å². The number of rotatable bonds is 12. The molecular formula is C23H31O2. The van der Waals surface area contributed by atoms with E-state index in [-0.39, 0.29) is 5.60 Å². The summed E-state index contributed by atoms with van der Waals surface area (Å²) in [5.41, 5.74) is 2.51. The molecule has 135 valence electrons. The summed E-state index contributed by atoms with van der Waals surface area (Å²) >= 11 is 0. The van der Waals surface area contributed by atoms with Gasteiger partial charge in [0, 0.05) is 13.0 Å². The lowest BCUT2D eigenvalue weighted by molar-refractivity contribution is -0.00364. The predicted octanol–water partition coefficient (Wildman–Crippen LogP) is 5.62. The van der Waals surface area contributed by atoms with Crippen molar-refractivity contribution in [3.8, 4) is 0 Å². The fraction of sp³-hybridized carbons (Fsp3) is 0.435. The zero-order chi connectivity index (χ0) is 17.8. The van der Waals surface area contributed by atoms with Crippen LogP contribution in [0.2, 0.25) is 0 Å². The van der Waals surface area contributed by atoms with Gasteiger partial charge in [0.05, 0.1) is 12.2 Å². The molecule has 0 bridgehead atoms. The second-order valence-corrected chi connectivity index (χ2v) is 7.08. The molecule has 0 aliphatic rings. The lowest BCUT2D eigenvalue weighted by Crippen LogP contribution is -2.27. The number of unbranched alkanes of at least 4 members (excludes halogenated alkanes) is 2. The van der Waals surface area contributed by atoms with Crippen molar-refractivity contribution in [2.75, 3.05) is 13.2 Å². The van der Waals surface area contributed by atoms with Crippen molar-refractivity contribution < 1.29 is 9.47 Å². The van der Waals surface area contributed by atoms with E-state index in [0.717, 1.165) is 25.9 Å². The molecule has 2 aromatic carbocycles. The Bertz CT molecular complexity index is 563. The number of hydrogen-bond acceptors (Lipinski definition) is 2. The van der Waals surface area contributed by atoms with Gasteiger partial charge in [-0.15, -0.1) is 0 Å². The van der Waals surface area contributed by atoms with E-state index in [0.29, 0.717) is 6.61 Å². The summed E-state index contributed by atoms with van der Waals surface area (Å²) in [4.78, 5) is 0. The summed E-state index contributed by atoms with van der Waals surface area (Å²) in [5.74, 6) is 0. The molecule has 0 unspecified atom stereocenters. The van der Waals surface area contributed by atoms with Gasteiger partial charge in [0.1, 0.15) is 6.61 Å². The van der Waals surface area contributed by atoms with Crippen molar-refractivity contribution in [2.24, 2.45) is 0 Å². The maximum Gasteiger partial charge on any atom is 0.110 e. The maximum atomic E-state index is 5.87. The Balaban J connectivity index is 1.46. The van der Waals surface area contributed by atoms with E-state index < -0.39 is 0 Å². The Labute approximate surface area is 153 Å². The molecule has 0 amide bonds. The summed E-state index contributed by atoms with van der Waals surface area (Å²) in [6.07, 6.45) is 5.58. The van der Waals surface area contributed by atoms with Crippen molar-refractivity contribution in [1.82, 2.24) is 0 Å². The van der Waals surface area contributed by atoms with Gasteiger partial charge in [0.15, 0.2) is 0 Å². The first kappa shape index (κ1) is 19.7. The molecule has 1 radical (unpaired) electrons. The van der Waals surface area contributed by atoms with Gasteiger partial charge in [0.25, 0.3) is 0 Å². The highest BCUT2D eigenvalue weighted by Gasteiger charge is 2.18. The van der Waals surface area contributed by atoms with E-state index in [1.807, 2.05) is 6.07 Å². The van der Waals surface area contributed by atoms with Crippen LogP contribution in [-0.2, 0) is 22.3 Å². The number of aryl methyl sites for hydroxylation is 1. The highest BCUT2D eigenvalue weighted by molar-refractivity contribution is 5.16. The van der Waals surface area contributed by atoms with Crippen LogP contribution in [0.4, 0.5) is 0 Å². The van der Waals surface area contributed by atoms with Gasteiger partial charge < -0.3 is 9.47 Å². The number of benzene rings is 2. The Kier molecular flexibility index (Phi) is 8.71. The van der Waals surface area contributed by atoms with Crippen LogP contribution in [0.3, 0.4) is 0 Å². The lowest BCUT2D eigenvalue weighted by atomic mass is 9.98. The van der Waals surface area contributed by atoms with Crippen molar-refractivity contribution in [3.05, 3.63) is 78.4 Å². The normalized spacial score (nSPS) is 11.6. The molecule has 0 saturated carbocycles. The summed E-state index contributed by atoms with van der Waals surface area (Å²) in [7, 11) is 0. The van der Waals surface area contributed by atoms with Crippen LogP contribution in [0.1, 0.15) is 44.2 Å². The van der Waals surface area contributed by atoms with Gasteiger partial charge in [-0.25, -0.2) is 0 Å². The SMILES string of the molecule is CC(C)(Cc1ccccc1)O[CH]COCCCCCc1ccccc1. The van der Waals surface area contributed by atoms with Gasteiger partial charge >= 0.3 is 0 Å². The molecule has 0 aromatic heterocycles. The van der Waals surface area contributed by atoms with Gasteiger partial charge in [-0.1, -0.05) is 67.1 Å². The molecule has 0 spiro atoms. The summed E-state index contributed by atoms with van der Waals surface area (Å²) in [6, 6.07) is 21.1. The molecule has 0 atom stereocenters. The van der Waals surface area contributed by atoms with Crippen LogP contribution in [0, 0.1) is 6.61 Å². The highest BCUT2D eigenvalue weighted by atomic mass is 16.5. The fourth-order valence-electron chi connectivity index (χ4n) is 2.87. The molecule has 2 rings (SSSR count). The van der Waals surface area contributed by atoms with E-state index in [2.05, 4.69) is 68.4 Å². The predicted molar refractivity (Wildman–Crippen MR) is 104 cm³/mol. The molecule has 2 nitrogen and oxygen atoms in total. The smallest absolute Gasteiger partial charge is 0.110 e. The second-order valence-electron chi connectivity index (χ2n) is 7.08.